The first-order chi connectivity index (χ1) is 8.05. The molecule has 0 aliphatic heterocycles. The lowest BCUT2D eigenvalue weighted by molar-refractivity contribution is -0.140. The molecule has 4 nitrogen and oxygen atoms in total. The molecule has 0 aromatic heterocycles. The molecule has 1 aliphatic rings. The molecule has 1 aliphatic carbocycles. The summed E-state index contributed by atoms with van der Waals surface area (Å²) in [7, 11) is 2.77. The van der Waals surface area contributed by atoms with E-state index in [2.05, 4.69) is 0 Å². The van der Waals surface area contributed by atoms with Crippen molar-refractivity contribution in [2.75, 3.05) is 14.2 Å². The van der Waals surface area contributed by atoms with Gasteiger partial charge in [-0.3, -0.25) is 4.79 Å². The zero-order chi connectivity index (χ0) is 12.6. The van der Waals surface area contributed by atoms with E-state index in [4.69, 9.17) is 9.47 Å². The molecule has 1 aromatic carbocycles. The van der Waals surface area contributed by atoms with Crippen LogP contribution in [-0.2, 0) is 10.2 Å². The summed E-state index contributed by atoms with van der Waals surface area (Å²) in [4.78, 5) is 11.3. The van der Waals surface area contributed by atoms with Gasteiger partial charge < -0.3 is 14.6 Å². The highest BCUT2D eigenvalue weighted by atomic mass is 19.1. The van der Waals surface area contributed by atoms with Crippen LogP contribution in [0.3, 0.4) is 0 Å². The maximum absolute atomic E-state index is 13.3. The largest absolute Gasteiger partial charge is 0.496 e. The molecular formula is C12H13FO4. The first-order valence-electron chi connectivity index (χ1n) is 5.20. The summed E-state index contributed by atoms with van der Waals surface area (Å²) >= 11 is 0. The van der Waals surface area contributed by atoms with Crippen molar-refractivity contribution in [2.45, 2.75) is 18.3 Å². The average molecular weight is 240 g/mol. The van der Waals surface area contributed by atoms with Gasteiger partial charge in [0, 0.05) is 12.1 Å². The number of halogens is 1. The van der Waals surface area contributed by atoms with Crippen LogP contribution in [0.2, 0.25) is 0 Å². The van der Waals surface area contributed by atoms with Gasteiger partial charge >= 0.3 is 5.97 Å². The standard InChI is InChI=1S/C12H13FO4/c1-16-8-5-7(13)6-9(17-2)10(8)12(3-4-12)11(14)15/h5-6H,3-4H2,1-2H3,(H,14,15). The van der Waals surface area contributed by atoms with Crippen LogP contribution in [0.25, 0.3) is 0 Å². The Hall–Kier alpha value is -1.78. The number of carbonyl (C=O) groups is 1. The molecule has 0 bridgehead atoms. The quantitative estimate of drug-likeness (QED) is 0.874. The van der Waals surface area contributed by atoms with Crippen molar-refractivity contribution in [3.05, 3.63) is 23.5 Å². The van der Waals surface area contributed by atoms with Gasteiger partial charge in [0.25, 0.3) is 0 Å². The number of rotatable bonds is 4. The van der Waals surface area contributed by atoms with Crippen molar-refractivity contribution in [1.82, 2.24) is 0 Å². The normalized spacial score (nSPS) is 16.4. The lowest BCUT2D eigenvalue weighted by Crippen LogP contribution is -2.21. The Morgan fingerprint density at radius 2 is 1.76 bits per heavy atom. The number of hydrogen-bond acceptors (Lipinski definition) is 3. The van der Waals surface area contributed by atoms with Gasteiger partial charge in [0.2, 0.25) is 0 Å². The van der Waals surface area contributed by atoms with E-state index in [-0.39, 0.29) is 11.5 Å². The van der Waals surface area contributed by atoms with Gasteiger partial charge in [0.15, 0.2) is 0 Å². The van der Waals surface area contributed by atoms with E-state index in [0.29, 0.717) is 18.4 Å². The molecule has 1 N–H and O–H groups in total. The summed E-state index contributed by atoms with van der Waals surface area (Å²) in [6, 6.07) is 2.36. The first-order valence-corrected chi connectivity index (χ1v) is 5.20. The number of benzene rings is 1. The van der Waals surface area contributed by atoms with Crippen LogP contribution in [0.4, 0.5) is 4.39 Å². The van der Waals surface area contributed by atoms with Crippen molar-refractivity contribution >= 4 is 5.97 Å². The predicted octanol–water partition coefficient (Wildman–Crippen LogP) is 1.96. The van der Waals surface area contributed by atoms with E-state index in [9.17, 15) is 14.3 Å². The molecular weight excluding hydrogens is 227 g/mol. The van der Waals surface area contributed by atoms with Crippen molar-refractivity contribution in [2.24, 2.45) is 0 Å². The number of aliphatic carboxylic acids is 1. The van der Waals surface area contributed by atoms with Gasteiger partial charge in [-0.05, 0) is 12.8 Å². The molecule has 2 rings (SSSR count). The molecule has 0 saturated heterocycles. The van der Waals surface area contributed by atoms with E-state index in [1.807, 2.05) is 0 Å². The molecule has 0 unspecified atom stereocenters. The third-order valence-electron chi connectivity index (χ3n) is 3.11. The molecule has 1 aromatic rings. The molecule has 1 fully saturated rings. The maximum Gasteiger partial charge on any atom is 0.314 e. The van der Waals surface area contributed by atoms with E-state index in [0.717, 1.165) is 0 Å². The first kappa shape index (κ1) is 11.7. The van der Waals surface area contributed by atoms with Crippen LogP contribution in [0.1, 0.15) is 18.4 Å². The van der Waals surface area contributed by atoms with Crippen molar-refractivity contribution in [3.8, 4) is 11.5 Å². The number of carboxylic acid groups (broad SMARTS) is 1. The molecule has 5 heteroatoms. The summed E-state index contributed by atoms with van der Waals surface area (Å²) in [5.41, 5.74) is -0.555. The van der Waals surface area contributed by atoms with Crippen molar-refractivity contribution in [1.29, 1.82) is 0 Å². The lowest BCUT2D eigenvalue weighted by Gasteiger charge is -2.18. The summed E-state index contributed by atoms with van der Waals surface area (Å²) in [5.74, 6) is -0.993. The van der Waals surface area contributed by atoms with Gasteiger partial charge in [0.05, 0.1) is 19.8 Å². The zero-order valence-corrected chi connectivity index (χ0v) is 9.62. The number of ether oxygens (including phenoxy) is 2. The number of hydrogen-bond donors (Lipinski definition) is 1. The predicted molar refractivity (Wildman–Crippen MR) is 58.1 cm³/mol. The molecule has 92 valence electrons. The van der Waals surface area contributed by atoms with Crippen molar-refractivity contribution in [3.63, 3.8) is 0 Å². The SMILES string of the molecule is COc1cc(F)cc(OC)c1C1(C(=O)O)CC1. The van der Waals surface area contributed by atoms with Gasteiger partial charge in [-0.2, -0.15) is 0 Å². The van der Waals surface area contributed by atoms with E-state index in [1.165, 1.54) is 26.4 Å². The Morgan fingerprint density at radius 3 is 2.06 bits per heavy atom. The van der Waals surface area contributed by atoms with Crippen LogP contribution in [0.15, 0.2) is 12.1 Å². The Morgan fingerprint density at radius 1 is 1.29 bits per heavy atom. The number of carboxylic acids is 1. The van der Waals surface area contributed by atoms with Gasteiger partial charge in [-0.25, -0.2) is 4.39 Å². The molecule has 0 heterocycles. The fraction of sp³-hybridized carbons (Fsp3) is 0.417. The minimum absolute atomic E-state index is 0.224. The highest BCUT2D eigenvalue weighted by molar-refractivity contribution is 5.87. The fourth-order valence-electron chi connectivity index (χ4n) is 2.05. The van der Waals surface area contributed by atoms with Gasteiger partial charge in [0.1, 0.15) is 22.7 Å². The summed E-state index contributed by atoms with van der Waals surface area (Å²) < 4.78 is 23.4. The zero-order valence-electron chi connectivity index (χ0n) is 9.62. The van der Waals surface area contributed by atoms with Crippen LogP contribution in [-0.4, -0.2) is 25.3 Å². The summed E-state index contributed by atoms with van der Waals surface area (Å²) in [6.07, 6.45) is 1.03. The third kappa shape index (κ3) is 1.71. The molecule has 17 heavy (non-hydrogen) atoms. The average Bonchev–Trinajstić information content (AvgIpc) is 3.08. The van der Waals surface area contributed by atoms with E-state index in [1.54, 1.807) is 0 Å². The minimum Gasteiger partial charge on any atom is -0.496 e. The Labute approximate surface area is 98.0 Å². The van der Waals surface area contributed by atoms with Gasteiger partial charge in [-0.1, -0.05) is 0 Å². The Balaban J connectivity index is 2.63. The van der Waals surface area contributed by atoms with E-state index < -0.39 is 17.2 Å². The third-order valence-corrected chi connectivity index (χ3v) is 3.11. The van der Waals surface area contributed by atoms with Crippen LogP contribution < -0.4 is 9.47 Å². The molecule has 0 atom stereocenters. The molecule has 0 radical (unpaired) electrons. The smallest absolute Gasteiger partial charge is 0.314 e. The molecule has 0 amide bonds. The van der Waals surface area contributed by atoms with Crippen molar-refractivity contribution < 1.29 is 23.8 Å². The van der Waals surface area contributed by atoms with Crippen LogP contribution >= 0.6 is 0 Å². The summed E-state index contributed by atoms with van der Waals surface area (Å²) in [5, 5.41) is 9.26. The van der Waals surface area contributed by atoms with E-state index >= 15 is 0 Å². The second kappa shape index (κ2) is 3.91. The van der Waals surface area contributed by atoms with Crippen LogP contribution in [0.5, 0.6) is 11.5 Å². The Kier molecular flexibility index (Phi) is 2.69. The fourth-order valence-corrected chi connectivity index (χ4v) is 2.05. The monoisotopic (exact) mass is 240 g/mol. The maximum atomic E-state index is 13.3. The minimum atomic E-state index is -0.982. The Bertz CT molecular complexity index is 441. The second-order valence-corrected chi connectivity index (χ2v) is 4.07. The van der Waals surface area contributed by atoms with Crippen LogP contribution in [0, 0.1) is 5.82 Å². The molecule has 1 saturated carbocycles. The number of methoxy groups -OCH3 is 2. The lowest BCUT2D eigenvalue weighted by atomic mass is 9.94. The second-order valence-electron chi connectivity index (χ2n) is 4.07. The highest BCUT2D eigenvalue weighted by Crippen LogP contribution is 2.55. The van der Waals surface area contributed by atoms with Gasteiger partial charge in [-0.15, -0.1) is 0 Å². The summed E-state index contributed by atoms with van der Waals surface area (Å²) in [6.45, 7) is 0. The highest BCUT2D eigenvalue weighted by Gasteiger charge is 2.55. The topological polar surface area (TPSA) is 55.8 Å². The molecule has 0 spiro atoms.